The Kier molecular flexibility index (Phi) is 10.7. The lowest BCUT2D eigenvalue weighted by atomic mass is 10.1. The molecule has 1 saturated heterocycles. The van der Waals surface area contributed by atoms with Crippen LogP contribution in [0.4, 0.5) is 0 Å². The van der Waals surface area contributed by atoms with Crippen LogP contribution in [0.25, 0.3) is 0 Å². The van der Waals surface area contributed by atoms with Crippen LogP contribution < -0.4 is 0 Å². The van der Waals surface area contributed by atoms with E-state index in [1.165, 1.54) is 19.3 Å². The largest absolute Gasteiger partial charge is 0.388 e. The Balaban J connectivity index is 1.92. The maximum atomic E-state index is 9.85. The van der Waals surface area contributed by atoms with Gasteiger partial charge in [-0.15, -0.1) is 0 Å². The highest BCUT2D eigenvalue weighted by Gasteiger charge is 2.39. The maximum absolute atomic E-state index is 9.85. The van der Waals surface area contributed by atoms with E-state index < -0.39 is 24.4 Å². The monoisotopic (exact) mass is 316 g/mol. The molecule has 0 aromatic carbocycles. The molecule has 4 atom stereocenters. The highest BCUT2D eigenvalue weighted by molar-refractivity contribution is 4.87. The fourth-order valence-electron chi connectivity index (χ4n) is 2.46. The summed E-state index contributed by atoms with van der Waals surface area (Å²) in [7, 11) is 0. The Morgan fingerprint density at radius 2 is 1.86 bits per heavy atom. The Morgan fingerprint density at radius 1 is 1.14 bits per heavy atom. The lowest BCUT2D eigenvalue weighted by Gasteiger charge is -2.20. The third-order valence-corrected chi connectivity index (χ3v) is 3.91. The van der Waals surface area contributed by atoms with Crippen LogP contribution in [0, 0.1) is 0 Å². The number of ether oxygens (including phenoxy) is 2. The first-order chi connectivity index (χ1) is 10.7. The first-order valence-corrected chi connectivity index (χ1v) is 8.55. The molecule has 0 unspecified atom stereocenters. The van der Waals surface area contributed by atoms with Gasteiger partial charge in [-0.3, -0.25) is 0 Å². The van der Waals surface area contributed by atoms with Gasteiger partial charge in [-0.25, -0.2) is 0 Å². The molecule has 1 heterocycles. The summed E-state index contributed by atoms with van der Waals surface area (Å²) >= 11 is 0. The molecule has 0 aromatic rings. The Labute approximate surface area is 133 Å². The standard InChI is InChI=1S/C17H32O5/c1-2-3-4-5-6-7-8-9-10-11-21-12-15(19)17-16(20)14(18)13-22-17/h5-6,14-20H,2-4,7-13H2,1H3/b6-5+/t14-,15+,16+,17+/m1/s1. The second-order valence-corrected chi connectivity index (χ2v) is 5.96. The number of hydrogen-bond acceptors (Lipinski definition) is 5. The van der Waals surface area contributed by atoms with Crippen LogP contribution in [0.1, 0.15) is 51.9 Å². The van der Waals surface area contributed by atoms with E-state index in [0.29, 0.717) is 6.61 Å². The van der Waals surface area contributed by atoms with E-state index in [0.717, 1.165) is 25.7 Å². The molecular weight excluding hydrogens is 284 g/mol. The van der Waals surface area contributed by atoms with E-state index in [1.807, 2.05) is 0 Å². The third-order valence-electron chi connectivity index (χ3n) is 3.91. The molecule has 0 amide bonds. The van der Waals surface area contributed by atoms with Gasteiger partial charge in [0, 0.05) is 6.61 Å². The summed E-state index contributed by atoms with van der Waals surface area (Å²) in [6, 6.07) is 0. The van der Waals surface area contributed by atoms with Crippen molar-refractivity contribution in [3.8, 4) is 0 Å². The first-order valence-electron chi connectivity index (χ1n) is 8.55. The summed E-state index contributed by atoms with van der Waals surface area (Å²) in [6.45, 7) is 2.99. The molecule has 130 valence electrons. The zero-order chi connectivity index (χ0) is 16.2. The fraction of sp³-hybridized carbons (Fsp3) is 0.882. The second kappa shape index (κ2) is 12.0. The van der Waals surface area contributed by atoms with E-state index in [2.05, 4.69) is 19.1 Å². The van der Waals surface area contributed by atoms with Crippen molar-refractivity contribution in [2.75, 3.05) is 19.8 Å². The van der Waals surface area contributed by atoms with Gasteiger partial charge in [0.2, 0.25) is 0 Å². The van der Waals surface area contributed by atoms with Crippen molar-refractivity contribution in [3.05, 3.63) is 12.2 Å². The van der Waals surface area contributed by atoms with Crippen LogP contribution in [0.15, 0.2) is 12.2 Å². The number of unbranched alkanes of at least 4 members (excludes halogenated alkanes) is 5. The van der Waals surface area contributed by atoms with E-state index in [1.54, 1.807) is 0 Å². The van der Waals surface area contributed by atoms with Crippen molar-refractivity contribution in [2.24, 2.45) is 0 Å². The van der Waals surface area contributed by atoms with Crippen LogP contribution in [0.2, 0.25) is 0 Å². The van der Waals surface area contributed by atoms with Gasteiger partial charge >= 0.3 is 0 Å². The lowest BCUT2D eigenvalue weighted by molar-refractivity contribution is -0.0813. The average Bonchev–Trinajstić information content (AvgIpc) is 2.84. The zero-order valence-corrected chi connectivity index (χ0v) is 13.7. The number of allylic oxidation sites excluding steroid dienone is 2. The van der Waals surface area contributed by atoms with Gasteiger partial charge in [-0.1, -0.05) is 38.3 Å². The van der Waals surface area contributed by atoms with E-state index in [-0.39, 0.29) is 13.2 Å². The van der Waals surface area contributed by atoms with Gasteiger partial charge in [0.1, 0.15) is 24.4 Å². The smallest absolute Gasteiger partial charge is 0.114 e. The van der Waals surface area contributed by atoms with Gasteiger partial charge in [0.05, 0.1) is 13.2 Å². The normalized spacial score (nSPS) is 26.8. The van der Waals surface area contributed by atoms with Gasteiger partial charge in [-0.2, -0.15) is 0 Å². The average molecular weight is 316 g/mol. The van der Waals surface area contributed by atoms with Crippen molar-refractivity contribution in [2.45, 2.75) is 76.3 Å². The lowest BCUT2D eigenvalue weighted by Crippen LogP contribution is -2.40. The van der Waals surface area contributed by atoms with Crippen LogP contribution in [-0.4, -0.2) is 59.6 Å². The summed E-state index contributed by atoms with van der Waals surface area (Å²) in [5.41, 5.74) is 0. The molecule has 1 aliphatic rings. The van der Waals surface area contributed by atoms with Crippen LogP contribution >= 0.6 is 0 Å². The fourth-order valence-corrected chi connectivity index (χ4v) is 2.46. The predicted molar refractivity (Wildman–Crippen MR) is 85.7 cm³/mol. The molecule has 5 nitrogen and oxygen atoms in total. The highest BCUT2D eigenvalue weighted by Crippen LogP contribution is 2.17. The second-order valence-electron chi connectivity index (χ2n) is 5.96. The molecule has 0 aliphatic carbocycles. The molecule has 5 heteroatoms. The van der Waals surface area contributed by atoms with Crippen LogP contribution in [0.3, 0.4) is 0 Å². The molecular formula is C17H32O5. The molecule has 22 heavy (non-hydrogen) atoms. The van der Waals surface area contributed by atoms with Crippen molar-refractivity contribution in [1.29, 1.82) is 0 Å². The third kappa shape index (κ3) is 7.70. The molecule has 1 aliphatic heterocycles. The number of aliphatic hydroxyl groups is 3. The molecule has 0 spiro atoms. The van der Waals surface area contributed by atoms with E-state index >= 15 is 0 Å². The number of rotatable bonds is 12. The molecule has 1 rings (SSSR count). The summed E-state index contributed by atoms with van der Waals surface area (Å²) in [6.07, 6.45) is 8.97. The Morgan fingerprint density at radius 3 is 2.50 bits per heavy atom. The van der Waals surface area contributed by atoms with Gasteiger partial charge in [0.25, 0.3) is 0 Å². The van der Waals surface area contributed by atoms with Crippen molar-refractivity contribution in [1.82, 2.24) is 0 Å². The Hall–Kier alpha value is -0.460. The zero-order valence-electron chi connectivity index (χ0n) is 13.7. The highest BCUT2D eigenvalue weighted by atomic mass is 16.5. The number of aliphatic hydroxyl groups excluding tert-OH is 3. The quantitative estimate of drug-likeness (QED) is 0.378. The molecule has 0 saturated carbocycles. The first kappa shape index (κ1) is 19.6. The van der Waals surface area contributed by atoms with Gasteiger partial charge in [0.15, 0.2) is 0 Å². The van der Waals surface area contributed by atoms with Crippen LogP contribution in [-0.2, 0) is 9.47 Å². The SMILES string of the molecule is CCCC/C=C/CCCCCOC[C@H](O)[C@@H]1OC[C@@H](O)[C@@H]1O. The van der Waals surface area contributed by atoms with Crippen molar-refractivity contribution in [3.63, 3.8) is 0 Å². The van der Waals surface area contributed by atoms with Crippen molar-refractivity contribution < 1.29 is 24.8 Å². The minimum absolute atomic E-state index is 0.0642. The summed E-state index contributed by atoms with van der Waals surface area (Å²) in [5.74, 6) is 0. The topological polar surface area (TPSA) is 79.2 Å². The maximum Gasteiger partial charge on any atom is 0.114 e. The molecule has 0 aromatic heterocycles. The Bertz CT molecular complexity index is 295. The summed E-state index contributed by atoms with van der Waals surface area (Å²) < 4.78 is 10.6. The van der Waals surface area contributed by atoms with Gasteiger partial charge < -0.3 is 24.8 Å². The summed E-state index contributed by atoms with van der Waals surface area (Å²) in [5, 5.41) is 28.8. The summed E-state index contributed by atoms with van der Waals surface area (Å²) in [4.78, 5) is 0. The molecule has 1 fully saturated rings. The van der Waals surface area contributed by atoms with E-state index in [9.17, 15) is 15.3 Å². The molecule has 0 bridgehead atoms. The predicted octanol–water partition coefficient (Wildman–Crippen LogP) is 1.79. The minimum atomic E-state index is -1.03. The number of hydrogen-bond donors (Lipinski definition) is 3. The molecule has 3 N–H and O–H groups in total. The minimum Gasteiger partial charge on any atom is -0.388 e. The van der Waals surface area contributed by atoms with E-state index in [4.69, 9.17) is 9.47 Å². The molecule has 0 radical (unpaired) electrons. The van der Waals surface area contributed by atoms with Crippen molar-refractivity contribution >= 4 is 0 Å². The van der Waals surface area contributed by atoms with Crippen LogP contribution in [0.5, 0.6) is 0 Å². The van der Waals surface area contributed by atoms with Gasteiger partial charge in [-0.05, 0) is 25.7 Å².